The zero-order valence-corrected chi connectivity index (χ0v) is 11.3. The van der Waals surface area contributed by atoms with Gasteiger partial charge in [-0.15, -0.1) is 0 Å². The normalized spacial score (nSPS) is 35.8. The monoisotopic (exact) mass is 272 g/mol. The smallest absolute Gasteiger partial charge is 0.223 e. The van der Waals surface area contributed by atoms with Crippen LogP contribution in [0.15, 0.2) is 0 Å². The Bertz CT molecular complexity index is 438. The molecule has 0 bridgehead atoms. The molecule has 1 amide bonds. The summed E-state index contributed by atoms with van der Waals surface area (Å²) in [4.78, 5) is 14.0. The van der Waals surface area contributed by atoms with Crippen LogP contribution in [-0.2, 0) is 14.6 Å². The van der Waals surface area contributed by atoms with Crippen molar-refractivity contribution in [2.24, 2.45) is 5.92 Å². The van der Waals surface area contributed by atoms with Crippen LogP contribution >= 0.6 is 0 Å². The molecule has 3 fully saturated rings. The number of sulfone groups is 1. The molecule has 2 heterocycles. The molecule has 0 aromatic rings. The quantitative estimate of drug-likeness (QED) is 0.771. The highest BCUT2D eigenvalue weighted by atomic mass is 32.2. The van der Waals surface area contributed by atoms with E-state index in [-0.39, 0.29) is 35.4 Å². The zero-order valence-electron chi connectivity index (χ0n) is 10.5. The minimum absolute atomic E-state index is 0.000185. The molecule has 5 nitrogen and oxygen atoms in total. The second-order valence-corrected chi connectivity index (χ2v) is 7.93. The number of nitrogens with zero attached hydrogens (tertiary/aromatic N) is 1. The lowest BCUT2D eigenvalue weighted by molar-refractivity contribution is -0.123. The summed E-state index contributed by atoms with van der Waals surface area (Å²) in [5.41, 5.74) is 0. The minimum Gasteiger partial charge on any atom is -0.350 e. The predicted octanol–water partition coefficient (Wildman–Crippen LogP) is -0.226. The van der Waals surface area contributed by atoms with Gasteiger partial charge in [0.2, 0.25) is 5.91 Å². The Kier molecular flexibility index (Phi) is 3.10. The number of nitrogens with one attached hydrogen (secondary N) is 1. The number of carbonyl (C=O) groups excluding carboxylic acids is 1. The fourth-order valence-corrected chi connectivity index (χ4v) is 5.00. The predicted molar refractivity (Wildman–Crippen MR) is 67.9 cm³/mol. The van der Waals surface area contributed by atoms with E-state index in [9.17, 15) is 13.2 Å². The number of amides is 1. The van der Waals surface area contributed by atoms with Crippen molar-refractivity contribution in [3.8, 4) is 0 Å². The van der Waals surface area contributed by atoms with Gasteiger partial charge in [0, 0.05) is 12.0 Å². The van der Waals surface area contributed by atoms with Crippen molar-refractivity contribution in [3.63, 3.8) is 0 Å². The first-order chi connectivity index (χ1) is 8.55. The van der Waals surface area contributed by atoms with Gasteiger partial charge >= 0.3 is 0 Å². The van der Waals surface area contributed by atoms with Crippen LogP contribution in [0.3, 0.4) is 0 Å². The van der Waals surface area contributed by atoms with E-state index in [1.807, 2.05) is 0 Å². The summed E-state index contributed by atoms with van der Waals surface area (Å²) in [6.45, 7) is 1.94. The van der Waals surface area contributed by atoms with Crippen LogP contribution < -0.4 is 5.32 Å². The Labute approximate surface area is 108 Å². The van der Waals surface area contributed by atoms with Crippen molar-refractivity contribution < 1.29 is 13.2 Å². The van der Waals surface area contributed by atoms with Crippen LogP contribution in [0.25, 0.3) is 0 Å². The Morgan fingerprint density at radius 3 is 2.39 bits per heavy atom. The number of carbonyl (C=O) groups is 1. The molecule has 2 unspecified atom stereocenters. The molecule has 2 atom stereocenters. The van der Waals surface area contributed by atoms with Crippen LogP contribution in [0.2, 0.25) is 0 Å². The largest absolute Gasteiger partial charge is 0.350 e. The summed E-state index contributed by atoms with van der Waals surface area (Å²) in [5.74, 6) is 0.531. The zero-order chi connectivity index (χ0) is 12.8. The van der Waals surface area contributed by atoms with Crippen LogP contribution in [0, 0.1) is 5.92 Å². The van der Waals surface area contributed by atoms with Gasteiger partial charge in [-0.05, 0) is 38.8 Å². The lowest BCUT2D eigenvalue weighted by Gasteiger charge is -2.28. The van der Waals surface area contributed by atoms with Gasteiger partial charge in [0.1, 0.15) is 0 Å². The topological polar surface area (TPSA) is 66.5 Å². The third kappa shape index (κ3) is 2.54. The third-order valence-electron chi connectivity index (χ3n) is 4.21. The van der Waals surface area contributed by atoms with Gasteiger partial charge < -0.3 is 5.32 Å². The molecule has 3 aliphatic rings. The van der Waals surface area contributed by atoms with E-state index < -0.39 is 9.84 Å². The van der Waals surface area contributed by atoms with Gasteiger partial charge in [-0.2, -0.15) is 0 Å². The van der Waals surface area contributed by atoms with Crippen molar-refractivity contribution in [2.45, 2.75) is 37.8 Å². The Hall–Kier alpha value is -0.620. The molecule has 0 aromatic heterocycles. The molecule has 18 heavy (non-hydrogen) atoms. The maximum atomic E-state index is 11.8. The first kappa shape index (κ1) is 12.4. The standard InChI is InChI=1S/C12H20N2O3S/c15-12(9-3-4-9)13-10-7-18(16,17)8-11(10)14-5-1-2-6-14/h9-11H,1-8H2,(H,13,15). The number of hydrogen-bond acceptors (Lipinski definition) is 4. The first-order valence-electron chi connectivity index (χ1n) is 6.80. The summed E-state index contributed by atoms with van der Waals surface area (Å²) >= 11 is 0. The fraction of sp³-hybridized carbons (Fsp3) is 0.917. The summed E-state index contributed by atoms with van der Waals surface area (Å²) in [6, 6.07) is -0.193. The summed E-state index contributed by atoms with van der Waals surface area (Å²) in [5, 5.41) is 2.96. The number of likely N-dealkylation sites (tertiary alicyclic amines) is 1. The van der Waals surface area contributed by atoms with E-state index in [0.29, 0.717) is 0 Å². The Balaban J connectivity index is 1.70. The van der Waals surface area contributed by atoms with Gasteiger partial charge in [-0.3, -0.25) is 9.69 Å². The molecule has 1 saturated carbocycles. The fourth-order valence-electron chi connectivity index (χ4n) is 3.05. The van der Waals surface area contributed by atoms with Gasteiger partial charge in [-0.1, -0.05) is 0 Å². The van der Waals surface area contributed by atoms with E-state index in [1.54, 1.807) is 0 Å². The van der Waals surface area contributed by atoms with E-state index in [2.05, 4.69) is 10.2 Å². The Morgan fingerprint density at radius 2 is 1.78 bits per heavy atom. The van der Waals surface area contributed by atoms with E-state index >= 15 is 0 Å². The molecule has 102 valence electrons. The minimum atomic E-state index is -2.99. The van der Waals surface area contributed by atoms with Crippen molar-refractivity contribution in [3.05, 3.63) is 0 Å². The molecule has 1 aliphatic carbocycles. The molecule has 0 aromatic carbocycles. The van der Waals surface area contributed by atoms with Gasteiger partial charge in [-0.25, -0.2) is 8.42 Å². The average Bonchev–Trinajstić information content (AvgIpc) is 2.92. The molecule has 6 heteroatoms. The summed E-state index contributed by atoms with van der Waals surface area (Å²) in [6.07, 6.45) is 4.19. The number of hydrogen-bond donors (Lipinski definition) is 1. The molecule has 0 radical (unpaired) electrons. The highest BCUT2D eigenvalue weighted by Crippen LogP contribution is 2.30. The highest BCUT2D eigenvalue weighted by molar-refractivity contribution is 7.91. The van der Waals surface area contributed by atoms with Crippen LogP contribution in [0.4, 0.5) is 0 Å². The lowest BCUT2D eigenvalue weighted by Crippen LogP contribution is -2.50. The second kappa shape index (κ2) is 4.49. The SMILES string of the molecule is O=C(NC1CS(=O)(=O)CC1N1CCCC1)C1CC1. The third-order valence-corrected chi connectivity index (χ3v) is 5.92. The highest BCUT2D eigenvalue weighted by Gasteiger charge is 2.43. The van der Waals surface area contributed by atoms with Crippen molar-refractivity contribution in [1.82, 2.24) is 10.2 Å². The van der Waals surface area contributed by atoms with Crippen LogP contribution in [0.5, 0.6) is 0 Å². The molecule has 0 spiro atoms. The van der Waals surface area contributed by atoms with E-state index in [1.165, 1.54) is 0 Å². The summed E-state index contributed by atoms with van der Waals surface area (Å²) < 4.78 is 23.6. The van der Waals surface area contributed by atoms with E-state index in [4.69, 9.17) is 0 Å². The van der Waals surface area contributed by atoms with Gasteiger partial charge in [0.25, 0.3) is 0 Å². The molecular weight excluding hydrogens is 252 g/mol. The van der Waals surface area contributed by atoms with Crippen molar-refractivity contribution in [2.75, 3.05) is 24.6 Å². The first-order valence-corrected chi connectivity index (χ1v) is 8.62. The van der Waals surface area contributed by atoms with E-state index in [0.717, 1.165) is 38.8 Å². The number of rotatable bonds is 3. The van der Waals surface area contributed by atoms with Crippen molar-refractivity contribution in [1.29, 1.82) is 0 Å². The summed E-state index contributed by atoms with van der Waals surface area (Å²) in [7, 11) is -2.99. The molecule has 2 aliphatic heterocycles. The second-order valence-electron chi connectivity index (χ2n) is 5.78. The Morgan fingerprint density at radius 1 is 1.11 bits per heavy atom. The molecule has 3 rings (SSSR count). The maximum Gasteiger partial charge on any atom is 0.223 e. The molecular formula is C12H20N2O3S. The van der Waals surface area contributed by atoms with Gasteiger partial charge in [0.15, 0.2) is 9.84 Å². The lowest BCUT2D eigenvalue weighted by atomic mass is 10.1. The molecule has 2 saturated heterocycles. The maximum absolute atomic E-state index is 11.8. The van der Waals surface area contributed by atoms with Crippen molar-refractivity contribution >= 4 is 15.7 Å². The molecule has 1 N–H and O–H groups in total. The van der Waals surface area contributed by atoms with Crippen LogP contribution in [0.1, 0.15) is 25.7 Å². The average molecular weight is 272 g/mol. The van der Waals surface area contributed by atoms with Crippen LogP contribution in [-0.4, -0.2) is 55.9 Å². The van der Waals surface area contributed by atoms with Gasteiger partial charge in [0.05, 0.1) is 17.5 Å².